The molecule has 5 nitrogen and oxygen atoms in total. The fraction of sp³-hybridized carbons (Fsp3) is 0.500. The van der Waals surface area contributed by atoms with Crippen molar-refractivity contribution in [3.63, 3.8) is 0 Å². The van der Waals surface area contributed by atoms with Gasteiger partial charge in [-0.3, -0.25) is 9.69 Å². The number of carbonyl (C=O) groups is 2. The summed E-state index contributed by atoms with van der Waals surface area (Å²) in [6.45, 7) is 7.64. The third kappa shape index (κ3) is 2.25. The van der Waals surface area contributed by atoms with Crippen LogP contribution in [0.5, 0.6) is 0 Å². The van der Waals surface area contributed by atoms with Crippen molar-refractivity contribution in [3.8, 4) is 0 Å². The monoisotopic (exact) mass is 341 g/mol. The minimum Gasteiger partial charge on any atom is -0.443 e. The Morgan fingerprint density at radius 2 is 2.04 bits per heavy atom. The van der Waals surface area contributed by atoms with Gasteiger partial charge < -0.3 is 9.84 Å². The SMILES string of the molecule is CC(=O)c1cccc2c1C(O)C=C1N(C(=O)OC(C)(C)C)CC3CC123. The molecule has 0 aromatic heterocycles. The third-order valence-electron chi connectivity index (χ3n) is 5.45. The molecular weight excluding hydrogens is 318 g/mol. The number of piperidine rings is 1. The van der Waals surface area contributed by atoms with Gasteiger partial charge in [0, 0.05) is 23.2 Å². The highest BCUT2D eigenvalue weighted by Gasteiger charge is 2.67. The number of hydrogen-bond acceptors (Lipinski definition) is 4. The quantitative estimate of drug-likeness (QED) is 0.796. The van der Waals surface area contributed by atoms with E-state index in [4.69, 9.17) is 4.74 Å². The van der Waals surface area contributed by atoms with Gasteiger partial charge in [-0.2, -0.15) is 0 Å². The smallest absolute Gasteiger partial charge is 0.414 e. The predicted molar refractivity (Wildman–Crippen MR) is 92.2 cm³/mol. The molecule has 1 N–H and O–H groups in total. The predicted octanol–water partition coefficient (Wildman–Crippen LogP) is 3.33. The Hall–Kier alpha value is -2.14. The van der Waals surface area contributed by atoms with E-state index >= 15 is 0 Å². The largest absolute Gasteiger partial charge is 0.443 e. The lowest BCUT2D eigenvalue weighted by atomic mass is 9.78. The maximum absolute atomic E-state index is 12.6. The number of allylic oxidation sites excluding steroid dienone is 1. The summed E-state index contributed by atoms with van der Waals surface area (Å²) in [6.07, 6.45) is 1.41. The number of aliphatic hydroxyl groups excluding tert-OH is 1. The van der Waals surface area contributed by atoms with Crippen LogP contribution in [0.15, 0.2) is 30.0 Å². The number of hydrogen-bond donors (Lipinski definition) is 1. The number of ketones is 1. The first kappa shape index (κ1) is 16.3. The zero-order valence-corrected chi connectivity index (χ0v) is 15.0. The first-order valence-corrected chi connectivity index (χ1v) is 8.70. The van der Waals surface area contributed by atoms with Gasteiger partial charge in [-0.05, 0) is 57.2 Å². The van der Waals surface area contributed by atoms with Crippen LogP contribution in [0, 0.1) is 5.92 Å². The third-order valence-corrected chi connectivity index (χ3v) is 5.45. The molecule has 3 unspecified atom stereocenters. The summed E-state index contributed by atoms with van der Waals surface area (Å²) in [4.78, 5) is 26.2. The summed E-state index contributed by atoms with van der Waals surface area (Å²) in [7, 11) is 0. The molecule has 2 aliphatic carbocycles. The van der Waals surface area contributed by atoms with Crippen molar-refractivity contribution in [1.82, 2.24) is 4.90 Å². The Labute approximate surface area is 147 Å². The molecule has 1 saturated carbocycles. The molecule has 0 radical (unpaired) electrons. The molecule has 1 amide bonds. The van der Waals surface area contributed by atoms with E-state index < -0.39 is 11.7 Å². The summed E-state index contributed by atoms with van der Waals surface area (Å²) >= 11 is 0. The van der Waals surface area contributed by atoms with E-state index in [1.807, 2.05) is 32.9 Å². The van der Waals surface area contributed by atoms with Crippen molar-refractivity contribution in [2.75, 3.05) is 6.54 Å². The topological polar surface area (TPSA) is 66.8 Å². The normalized spacial score (nSPS) is 29.3. The van der Waals surface area contributed by atoms with E-state index in [-0.39, 0.29) is 17.3 Å². The number of ether oxygens (including phenoxy) is 1. The molecule has 1 aromatic carbocycles. The molecule has 1 spiro atoms. The van der Waals surface area contributed by atoms with Crippen molar-refractivity contribution in [3.05, 3.63) is 46.7 Å². The zero-order chi connectivity index (χ0) is 18.1. The van der Waals surface area contributed by atoms with Gasteiger partial charge >= 0.3 is 6.09 Å². The second-order valence-corrected chi connectivity index (χ2v) is 8.28. The molecule has 0 bridgehead atoms. The van der Waals surface area contributed by atoms with Crippen molar-refractivity contribution >= 4 is 11.9 Å². The summed E-state index contributed by atoms with van der Waals surface area (Å²) in [5, 5.41) is 10.7. The van der Waals surface area contributed by atoms with Crippen LogP contribution < -0.4 is 0 Å². The van der Waals surface area contributed by atoms with Crippen molar-refractivity contribution in [2.45, 2.75) is 51.2 Å². The molecule has 1 aliphatic heterocycles. The summed E-state index contributed by atoms with van der Waals surface area (Å²) in [6, 6.07) is 5.61. The zero-order valence-electron chi connectivity index (χ0n) is 15.0. The van der Waals surface area contributed by atoms with Crippen LogP contribution in [0.25, 0.3) is 0 Å². The lowest BCUT2D eigenvalue weighted by Gasteiger charge is -2.33. The Morgan fingerprint density at radius 1 is 1.32 bits per heavy atom. The molecule has 3 aliphatic rings. The van der Waals surface area contributed by atoms with Gasteiger partial charge in [-0.25, -0.2) is 4.79 Å². The molecule has 1 saturated heterocycles. The number of carbonyl (C=O) groups excluding carboxylic acids is 2. The van der Waals surface area contributed by atoms with Gasteiger partial charge in [0.2, 0.25) is 0 Å². The van der Waals surface area contributed by atoms with Crippen LogP contribution in [-0.2, 0) is 10.2 Å². The Kier molecular flexibility index (Phi) is 3.23. The number of nitrogens with zero attached hydrogens (tertiary/aromatic N) is 1. The number of amides is 1. The van der Waals surface area contributed by atoms with Gasteiger partial charge in [0.1, 0.15) is 11.7 Å². The Morgan fingerprint density at radius 3 is 2.68 bits per heavy atom. The minimum atomic E-state index is -0.889. The molecular formula is C20H23NO4. The van der Waals surface area contributed by atoms with E-state index in [1.54, 1.807) is 17.0 Å². The fourth-order valence-electron chi connectivity index (χ4n) is 4.43. The molecule has 3 atom stereocenters. The summed E-state index contributed by atoms with van der Waals surface area (Å²) in [5.41, 5.74) is 2.26. The number of benzene rings is 1. The minimum absolute atomic E-state index is 0.0525. The molecule has 2 fully saturated rings. The second-order valence-electron chi connectivity index (χ2n) is 8.28. The highest BCUT2D eigenvalue weighted by molar-refractivity contribution is 5.96. The van der Waals surface area contributed by atoms with Crippen LogP contribution in [0.4, 0.5) is 4.79 Å². The van der Waals surface area contributed by atoms with E-state index in [1.165, 1.54) is 6.92 Å². The van der Waals surface area contributed by atoms with Gasteiger partial charge in [0.25, 0.3) is 0 Å². The van der Waals surface area contributed by atoms with E-state index in [9.17, 15) is 14.7 Å². The van der Waals surface area contributed by atoms with Crippen LogP contribution >= 0.6 is 0 Å². The van der Waals surface area contributed by atoms with Gasteiger partial charge in [0.15, 0.2) is 5.78 Å². The first-order chi connectivity index (χ1) is 11.6. The second kappa shape index (κ2) is 4.94. The Bertz CT molecular complexity index is 819. The van der Waals surface area contributed by atoms with Crippen molar-refractivity contribution in [1.29, 1.82) is 0 Å². The number of Topliss-reactive ketones (excluding diaryl/α,β-unsaturated/α-hetero) is 1. The molecule has 4 rings (SSSR count). The van der Waals surface area contributed by atoms with Crippen LogP contribution in [-0.4, -0.2) is 34.0 Å². The van der Waals surface area contributed by atoms with Crippen LogP contribution in [0.2, 0.25) is 0 Å². The van der Waals surface area contributed by atoms with Crippen molar-refractivity contribution in [2.24, 2.45) is 5.92 Å². The number of fused-ring (bicyclic) bond motifs is 1. The number of likely N-dealkylation sites (tertiary alicyclic amines) is 1. The molecule has 132 valence electrons. The van der Waals surface area contributed by atoms with E-state index in [2.05, 4.69) is 0 Å². The van der Waals surface area contributed by atoms with E-state index in [0.717, 1.165) is 17.7 Å². The summed E-state index contributed by atoms with van der Waals surface area (Å²) < 4.78 is 5.53. The molecule has 1 heterocycles. The number of rotatable bonds is 1. The molecule has 25 heavy (non-hydrogen) atoms. The maximum atomic E-state index is 12.6. The molecule has 1 aromatic rings. The lowest BCUT2D eigenvalue weighted by Crippen LogP contribution is -2.37. The summed E-state index contributed by atoms with van der Waals surface area (Å²) in [5.74, 6) is 0.267. The van der Waals surface area contributed by atoms with Gasteiger partial charge in [0.05, 0.1) is 0 Å². The lowest BCUT2D eigenvalue weighted by molar-refractivity contribution is 0.0318. The van der Waals surface area contributed by atoms with E-state index in [0.29, 0.717) is 23.6 Å². The van der Waals surface area contributed by atoms with Gasteiger partial charge in [-0.1, -0.05) is 18.2 Å². The van der Waals surface area contributed by atoms with Crippen molar-refractivity contribution < 1.29 is 19.4 Å². The van der Waals surface area contributed by atoms with Gasteiger partial charge in [-0.15, -0.1) is 0 Å². The fourth-order valence-corrected chi connectivity index (χ4v) is 4.43. The van der Waals surface area contributed by atoms with Crippen LogP contribution in [0.3, 0.4) is 0 Å². The van der Waals surface area contributed by atoms with Crippen LogP contribution in [0.1, 0.15) is 61.7 Å². The standard InChI is InChI=1S/C20H23NO4/c1-11(22)13-6-5-7-14-17(13)15(23)8-16-20(14)9-12(20)10-21(16)18(24)25-19(2,3)4/h5-8,12,15,23H,9-10H2,1-4H3. The average Bonchev–Trinajstić information content (AvgIpc) is 3.13. The average molecular weight is 341 g/mol. The molecule has 5 heteroatoms. The highest BCUT2D eigenvalue weighted by Crippen LogP contribution is 2.67. The Balaban J connectivity index is 1.77. The number of aliphatic hydroxyl groups is 1. The highest BCUT2D eigenvalue weighted by atomic mass is 16.6. The first-order valence-electron chi connectivity index (χ1n) is 8.70. The maximum Gasteiger partial charge on any atom is 0.414 e.